The quantitative estimate of drug-likeness (QED) is 0.556. The second kappa shape index (κ2) is 6.49. The molecular formula is C20H24N2O4. The number of nitrogens with one attached hydrogen (secondary N) is 2. The van der Waals surface area contributed by atoms with Crippen molar-refractivity contribution in [3.05, 3.63) is 22.8 Å². The standard InChI is InChI=1S/C20H24N2O4/c23-16-14-11-7-6-10-13(12-8-4-2-1-3-5-9-12)15-17(24)22-19(26)20(14,15)18(25)21-16/h8,14H,1-7,9-11H2,(H,21,23,25)(H,22,24,26). The molecule has 2 fully saturated rings. The third-order valence-corrected chi connectivity index (χ3v) is 6.29. The Hall–Kier alpha value is -2.24. The van der Waals surface area contributed by atoms with E-state index in [1.165, 1.54) is 6.42 Å². The van der Waals surface area contributed by atoms with Crippen molar-refractivity contribution in [1.29, 1.82) is 0 Å². The van der Waals surface area contributed by atoms with Crippen LogP contribution in [0.1, 0.15) is 64.2 Å². The first-order chi connectivity index (χ1) is 12.6. The van der Waals surface area contributed by atoms with Gasteiger partial charge in [-0.2, -0.15) is 0 Å². The highest BCUT2D eigenvalue weighted by molar-refractivity contribution is 6.32. The minimum Gasteiger partial charge on any atom is -0.295 e. The molecule has 0 saturated carbocycles. The summed E-state index contributed by atoms with van der Waals surface area (Å²) in [4.78, 5) is 50.8. The first-order valence-corrected chi connectivity index (χ1v) is 9.71. The average Bonchev–Trinajstić information content (AvgIpc) is 2.93. The van der Waals surface area contributed by atoms with Gasteiger partial charge >= 0.3 is 0 Å². The molecule has 138 valence electrons. The smallest absolute Gasteiger partial charge is 0.255 e. The van der Waals surface area contributed by atoms with Gasteiger partial charge in [-0.05, 0) is 56.1 Å². The number of allylic oxidation sites excluding steroid dienone is 3. The molecule has 2 atom stereocenters. The van der Waals surface area contributed by atoms with Gasteiger partial charge in [-0.15, -0.1) is 0 Å². The van der Waals surface area contributed by atoms with Crippen molar-refractivity contribution < 1.29 is 19.2 Å². The first-order valence-electron chi connectivity index (χ1n) is 9.71. The number of hydrogen-bond donors (Lipinski definition) is 2. The number of rotatable bonds is 1. The third kappa shape index (κ3) is 2.38. The average molecular weight is 356 g/mol. The molecule has 4 amide bonds. The third-order valence-electron chi connectivity index (χ3n) is 6.29. The highest BCUT2D eigenvalue weighted by Crippen LogP contribution is 2.51. The zero-order valence-electron chi connectivity index (χ0n) is 14.9. The van der Waals surface area contributed by atoms with E-state index in [0.717, 1.165) is 56.1 Å². The summed E-state index contributed by atoms with van der Waals surface area (Å²) in [6.07, 6.45) is 11.2. The van der Waals surface area contributed by atoms with Crippen LogP contribution < -0.4 is 10.6 Å². The normalized spacial score (nSPS) is 32.6. The van der Waals surface area contributed by atoms with Crippen molar-refractivity contribution in [2.45, 2.75) is 64.2 Å². The Morgan fingerprint density at radius 3 is 2.42 bits per heavy atom. The van der Waals surface area contributed by atoms with E-state index < -0.39 is 35.0 Å². The van der Waals surface area contributed by atoms with Crippen molar-refractivity contribution in [2.24, 2.45) is 11.3 Å². The largest absolute Gasteiger partial charge is 0.295 e. The van der Waals surface area contributed by atoms with E-state index in [9.17, 15) is 19.2 Å². The predicted octanol–water partition coefficient (Wildman–Crippen LogP) is 2.05. The molecule has 0 radical (unpaired) electrons. The maximum Gasteiger partial charge on any atom is 0.255 e. The highest BCUT2D eigenvalue weighted by Gasteiger charge is 2.68. The Morgan fingerprint density at radius 1 is 0.846 bits per heavy atom. The molecule has 2 heterocycles. The van der Waals surface area contributed by atoms with Gasteiger partial charge in [-0.1, -0.05) is 25.3 Å². The molecule has 2 unspecified atom stereocenters. The van der Waals surface area contributed by atoms with Crippen molar-refractivity contribution in [1.82, 2.24) is 10.6 Å². The van der Waals surface area contributed by atoms with Gasteiger partial charge < -0.3 is 0 Å². The van der Waals surface area contributed by atoms with Crippen molar-refractivity contribution in [2.75, 3.05) is 0 Å². The molecule has 4 rings (SSSR count). The van der Waals surface area contributed by atoms with Crippen molar-refractivity contribution >= 4 is 23.6 Å². The van der Waals surface area contributed by atoms with Gasteiger partial charge in [0.05, 0.1) is 5.92 Å². The molecule has 6 heteroatoms. The van der Waals surface area contributed by atoms with E-state index in [0.29, 0.717) is 12.8 Å². The second-order valence-corrected chi connectivity index (χ2v) is 7.74. The topological polar surface area (TPSA) is 92.3 Å². The molecule has 2 N–H and O–H groups in total. The Kier molecular flexibility index (Phi) is 4.29. The van der Waals surface area contributed by atoms with Gasteiger partial charge in [-0.3, -0.25) is 29.8 Å². The van der Waals surface area contributed by atoms with Gasteiger partial charge in [0.1, 0.15) is 0 Å². The fourth-order valence-electron chi connectivity index (χ4n) is 5.04. The van der Waals surface area contributed by atoms with Crippen LogP contribution in [0.25, 0.3) is 0 Å². The number of amides is 4. The summed E-state index contributed by atoms with van der Waals surface area (Å²) >= 11 is 0. The fraction of sp³-hybridized carbons (Fsp3) is 0.600. The van der Waals surface area contributed by atoms with E-state index in [1.54, 1.807) is 0 Å². The molecule has 2 aliphatic carbocycles. The summed E-state index contributed by atoms with van der Waals surface area (Å²) in [5.74, 6) is -2.95. The van der Waals surface area contributed by atoms with Gasteiger partial charge in [-0.25, -0.2) is 0 Å². The van der Waals surface area contributed by atoms with Crippen LogP contribution >= 0.6 is 0 Å². The summed E-state index contributed by atoms with van der Waals surface area (Å²) in [6, 6.07) is 0. The number of carbonyl (C=O) groups is 4. The molecule has 4 aliphatic rings. The van der Waals surface area contributed by atoms with Crippen molar-refractivity contribution in [3.63, 3.8) is 0 Å². The molecule has 26 heavy (non-hydrogen) atoms. The molecule has 6 nitrogen and oxygen atoms in total. The Labute approximate surface area is 152 Å². The minimum atomic E-state index is -1.66. The Morgan fingerprint density at radius 2 is 1.58 bits per heavy atom. The molecule has 0 aromatic carbocycles. The van der Waals surface area contributed by atoms with Crippen LogP contribution in [0, 0.1) is 11.3 Å². The molecule has 0 aromatic heterocycles. The lowest BCUT2D eigenvalue weighted by Gasteiger charge is -2.30. The van der Waals surface area contributed by atoms with E-state index in [4.69, 9.17) is 0 Å². The zero-order valence-corrected chi connectivity index (χ0v) is 14.9. The molecule has 2 saturated heterocycles. The maximum atomic E-state index is 12.8. The van der Waals surface area contributed by atoms with Gasteiger partial charge in [0.15, 0.2) is 5.41 Å². The Balaban J connectivity index is 1.93. The summed E-state index contributed by atoms with van der Waals surface area (Å²) in [5, 5.41) is 4.68. The van der Waals surface area contributed by atoms with E-state index in [2.05, 4.69) is 16.7 Å². The molecular weight excluding hydrogens is 332 g/mol. The van der Waals surface area contributed by atoms with Gasteiger partial charge in [0, 0.05) is 5.57 Å². The Bertz CT molecular complexity index is 754. The summed E-state index contributed by atoms with van der Waals surface area (Å²) in [7, 11) is 0. The summed E-state index contributed by atoms with van der Waals surface area (Å²) in [5.41, 5.74) is 0.525. The monoisotopic (exact) mass is 356 g/mol. The molecule has 1 spiro atoms. The lowest BCUT2D eigenvalue weighted by molar-refractivity contribution is -0.138. The summed E-state index contributed by atoms with van der Waals surface area (Å²) in [6.45, 7) is 0. The van der Waals surface area contributed by atoms with Crippen LogP contribution in [0.3, 0.4) is 0 Å². The maximum absolute atomic E-state index is 12.8. The SMILES string of the molecule is O=C1NC(=O)C23C(=O)NC(=O)C2CCCCC(C2=CCCCCCC2)=C13. The molecule has 2 aliphatic heterocycles. The predicted molar refractivity (Wildman–Crippen MR) is 93.5 cm³/mol. The fourth-order valence-corrected chi connectivity index (χ4v) is 5.04. The number of imide groups is 2. The van der Waals surface area contributed by atoms with Crippen LogP contribution in [0.2, 0.25) is 0 Å². The number of hydrogen-bond acceptors (Lipinski definition) is 4. The van der Waals surface area contributed by atoms with E-state index in [-0.39, 0.29) is 5.57 Å². The molecule has 0 bridgehead atoms. The van der Waals surface area contributed by atoms with Crippen LogP contribution in [-0.2, 0) is 19.2 Å². The minimum absolute atomic E-state index is 0.252. The van der Waals surface area contributed by atoms with E-state index >= 15 is 0 Å². The van der Waals surface area contributed by atoms with Gasteiger partial charge in [0.25, 0.3) is 5.91 Å². The second-order valence-electron chi connectivity index (χ2n) is 7.74. The van der Waals surface area contributed by atoms with Crippen LogP contribution in [-0.4, -0.2) is 23.6 Å². The van der Waals surface area contributed by atoms with Crippen LogP contribution in [0.5, 0.6) is 0 Å². The zero-order chi connectivity index (χ0) is 18.3. The van der Waals surface area contributed by atoms with Crippen LogP contribution in [0.15, 0.2) is 22.8 Å². The van der Waals surface area contributed by atoms with Crippen molar-refractivity contribution in [3.8, 4) is 0 Å². The lowest BCUT2D eigenvalue weighted by Crippen LogP contribution is -2.44. The van der Waals surface area contributed by atoms with E-state index in [1.807, 2.05) is 0 Å². The van der Waals surface area contributed by atoms with Gasteiger partial charge in [0.2, 0.25) is 17.7 Å². The lowest BCUT2D eigenvalue weighted by atomic mass is 9.66. The van der Waals surface area contributed by atoms with Crippen LogP contribution in [0.4, 0.5) is 0 Å². The first kappa shape index (κ1) is 17.2. The highest BCUT2D eigenvalue weighted by atomic mass is 16.2. The molecule has 0 aromatic rings. The summed E-state index contributed by atoms with van der Waals surface area (Å²) < 4.78 is 0. The number of carbonyl (C=O) groups excluding carboxylic acids is 4.